The van der Waals surface area contributed by atoms with Crippen LogP contribution in [0.2, 0.25) is 0 Å². The summed E-state index contributed by atoms with van der Waals surface area (Å²) in [5.74, 6) is 0.387. The molecule has 0 spiro atoms. The molecule has 132 valence electrons. The maximum Gasteiger partial charge on any atom is 0.410 e. The number of carboxylic acid groups (broad SMARTS) is 1. The molecular weight excluding hydrogens is 304 g/mol. The van der Waals surface area contributed by atoms with Gasteiger partial charge in [0.15, 0.2) is 0 Å². The van der Waals surface area contributed by atoms with Crippen LogP contribution >= 0.6 is 0 Å². The van der Waals surface area contributed by atoms with Crippen molar-refractivity contribution < 1.29 is 9.90 Å². The standard InChI is InChI=1S/C15H22N4O2.C3H6/c20-15(21)17-14-11-13(5-6-16-14)19-9-7-18(8-10-19)12-3-1-2-4-12;1-2-3-1/h5-6,11-12H,1-4,7-10H2,(H,16,17)(H,20,21);1-3H2. The number of hydrogen-bond donors (Lipinski definition) is 2. The number of carbonyl (C=O) groups is 1. The van der Waals surface area contributed by atoms with E-state index in [4.69, 9.17) is 5.11 Å². The fourth-order valence-corrected chi connectivity index (χ4v) is 3.41. The number of nitrogens with zero attached hydrogens (tertiary/aromatic N) is 3. The Hall–Kier alpha value is -1.82. The second kappa shape index (κ2) is 8.33. The SMILES string of the molecule is C1CC1.O=C(O)Nc1cc(N2CCN(C3CCCC3)CC2)ccn1. The first-order chi connectivity index (χ1) is 11.7. The molecule has 1 aromatic rings. The summed E-state index contributed by atoms with van der Waals surface area (Å²) in [6, 6.07) is 4.53. The average molecular weight is 332 g/mol. The third-order valence-corrected chi connectivity index (χ3v) is 4.85. The lowest BCUT2D eigenvalue weighted by atomic mass is 10.1. The summed E-state index contributed by atoms with van der Waals surface area (Å²) in [6.07, 6.45) is 10.5. The number of amides is 1. The van der Waals surface area contributed by atoms with Crippen LogP contribution in [0.1, 0.15) is 44.9 Å². The van der Waals surface area contributed by atoms with Gasteiger partial charge in [0.05, 0.1) is 0 Å². The Kier molecular flexibility index (Phi) is 5.91. The van der Waals surface area contributed by atoms with Crippen molar-refractivity contribution in [1.29, 1.82) is 0 Å². The zero-order chi connectivity index (χ0) is 16.8. The monoisotopic (exact) mass is 332 g/mol. The van der Waals surface area contributed by atoms with Crippen molar-refractivity contribution in [3.63, 3.8) is 0 Å². The quantitative estimate of drug-likeness (QED) is 0.888. The van der Waals surface area contributed by atoms with E-state index in [1.54, 1.807) is 12.3 Å². The Morgan fingerprint density at radius 3 is 2.33 bits per heavy atom. The highest BCUT2D eigenvalue weighted by molar-refractivity contribution is 5.82. The van der Waals surface area contributed by atoms with E-state index in [9.17, 15) is 4.79 Å². The first kappa shape index (κ1) is 17.0. The van der Waals surface area contributed by atoms with E-state index in [-0.39, 0.29) is 0 Å². The lowest BCUT2D eigenvalue weighted by molar-refractivity contribution is 0.187. The van der Waals surface area contributed by atoms with E-state index >= 15 is 0 Å². The maximum atomic E-state index is 10.7. The minimum atomic E-state index is -1.08. The van der Waals surface area contributed by atoms with Crippen molar-refractivity contribution >= 4 is 17.6 Å². The summed E-state index contributed by atoms with van der Waals surface area (Å²) in [5, 5.41) is 11.1. The van der Waals surface area contributed by atoms with E-state index in [0.717, 1.165) is 37.9 Å². The number of piperazine rings is 1. The molecule has 2 saturated carbocycles. The van der Waals surface area contributed by atoms with Crippen molar-refractivity contribution in [1.82, 2.24) is 9.88 Å². The summed E-state index contributed by atoms with van der Waals surface area (Å²) >= 11 is 0. The first-order valence-electron chi connectivity index (χ1n) is 9.17. The number of rotatable bonds is 3. The van der Waals surface area contributed by atoms with E-state index < -0.39 is 6.09 Å². The predicted octanol–water partition coefficient (Wildman–Crippen LogP) is 3.41. The molecule has 6 nitrogen and oxygen atoms in total. The molecule has 3 aliphatic rings. The van der Waals surface area contributed by atoms with Crippen LogP contribution in [-0.4, -0.2) is 53.3 Å². The molecule has 0 aromatic carbocycles. The molecule has 1 aliphatic heterocycles. The number of nitrogens with one attached hydrogen (secondary N) is 1. The van der Waals surface area contributed by atoms with Crippen LogP contribution < -0.4 is 10.2 Å². The van der Waals surface area contributed by atoms with Crippen molar-refractivity contribution in [3.05, 3.63) is 18.3 Å². The Morgan fingerprint density at radius 1 is 1.08 bits per heavy atom. The average Bonchev–Trinajstić information content (AvgIpc) is 3.38. The molecular formula is C18H28N4O2. The largest absolute Gasteiger partial charge is 0.465 e. The summed E-state index contributed by atoms with van der Waals surface area (Å²) in [4.78, 5) is 19.6. The number of aromatic nitrogens is 1. The molecule has 0 bridgehead atoms. The second-order valence-corrected chi connectivity index (χ2v) is 6.85. The lowest BCUT2D eigenvalue weighted by Gasteiger charge is -2.39. The zero-order valence-electron chi connectivity index (χ0n) is 14.3. The number of anilines is 2. The fourth-order valence-electron chi connectivity index (χ4n) is 3.41. The van der Waals surface area contributed by atoms with Crippen LogP contribution in [0.4, 0.5) is 16.3 Å². The van der Waals surface area contributed by atoms with Gasteiger partial charge in [-0.15, -0.1) is 0 Å². The van der Waals surface area contributed by atoms with Crippen LogP contribution in [-0.2, 0) is 0 Å². The highest BCUT2D eigenvalue weighted by Crippen LogP contribution is 2.26. The van der Waals surface area contributed by atoms with Crippen LogP contribution in [0.15, 0.2) is 18.3 Å². The third kappa shape index (κ3) is 5.09. The Bertz CT molecular complexity index is 533. The Labute approximate surface area is 143 Å². The van der Waals surface area contributed by atoms with Gasteiger partial charge in [0, 0.05) is 50.2 Å². The van der Waals surface area contributed by atoms with Gasteiger partial charge in [-0.3, -0.25) is 10.2 Å². The van der Waals surface area contributed by atoms with Gasteiger partial charge >= 0.3 is 6.09 Å². The van der Waals surface area contributed by atoms with Crippen LogP contribution in [0.25, 0.3) is 0 Å². The number of pyridine rings is 1. The number of hydrogen-bond acceptors (Lipinski definition) is 4. The fraction of sp³-hybridized carbons (Fsp3) is 0.667. The molecule has 2 heterocycles. The lowest BCUT2D eigenvalue weighted by Crippen LogP contribution is -2.49. The first-order valence-corrected chi connectivity index (χ1v) is 9.17. The van der Waals surface area contributed by atoms with Gasteiger partial charge < -0.3 is 10.0 Å². The topological polar surface area (TPSA) is 68.7 Å². The van der Waals surface area contributed by atoms with Gasteiger partial charge in [-0.1, -0.05) is 32.1 Å². The van der Waals surface area contributed by atoms with E-state index in [2.05, 4.69) is 20.1 Å². The van der Waals surface area contributed by atoms with E-state index in [1.807, 2.05) is 6.07 Å². The van der Waals surface area contributed by atoms with Crippen molar-refractivity contribution in [2.75, 3.05) is 36.4 Å². The highest BCUT2D eigenvalue weighted by atomic mass is 16.4. The minimum Gasteiger partial charge on any atom is -0.465 e. The zero-order valence-corrected chi connectivity index (χ0v) is 14.3. The summed E-state index contributed by atoms with van der Waals surface area (Å²) in [6.45, 7) is 4.17. The predicted molar refractivity (Wildman–Crippen MR) is 95.8 cm³/mol. The maximum absolute atomic E-state index is 10.7. The van der Waals surface area contributed by atoms with Gasteiger partial charge in [-0.05, 0) is 18.9 Å². The molecule has 2 N–H and O–H groups in total. The van der Waals surface area contributed by atoms with Gasteiger partial charge in [0.25, 0.3) is 0 Å². The molecule has 0 radical (unpaired) electrons. The smallest absolute Gasteiger partial charge is 0.410 e. The Balaban J connectivity index is 0.000000508. The van der Waals surface area contributed by atoms with Gasteiger partial charge in [0.2, 0.25) is 0 Å². The molecule has 1 aromatic heterocycles. The van der Waals surface area contributed by atoms with Crippen LogP contribution in [0, 0.1) is 0 Å². The van der Waals surface area contributed by atoms with E-state index in [1.165, 1.54) is 44.9 Å². The van der Waals surface area contributed by atoms with Gasteiger partial charge in [-0.25, -0.2) is 9.78 Å². The minimum absolute atomic E-state index is 0.387. The molecule has 2 aliphatic carbocycles. The molecule has 3 fully saturated rings. The van der Waals surface area contributed by atoms with Crippen molar-refractivity contribution in [2.45, 2.75) is 51.0 Å². The molecule has 6 heteroatoms. The third-order valence-electron chi connectivity index (χ3n) is 4.85. The molecule has 4 rings (SSSR count). The molecule has 0 atom stereocenters. The molecule has 0 unspecified atom stereocenters. The molecule has 24 heavy (non-hydrogen) atoms. The summed E-state index contributed by atoms with van der Waals surface area (Å²) in [5.41, 5.74) is 1.04. The summed E-state index contributed by atoms with van der Waals surface area (Å²) in [7, 11) is 0. The Morgan fingerprint density at radius 2 is 1.75 bits per heavy atom. The van der Waals surface area contributed by atoms with Gasteiger partial charge in [0.1, 0.15) is 5.82 Å². The summed E-state index contributed by atoms with van der Waals surface area (Å²) < 4.78 is 0. The van der Waals surface area contributed by atoms with Crippen LogP contribution in [0.3, 0.4) is 0 Å². The van der Waals surface area contributed by atoms with Crippen molar-refractivity contribution in [2.24, 2.45) is 0 Å². The normalized spacial score (nSPS) is 21.1. The second-order valence-electron chi connectivity index (χ2n) is 6.85. The van der Waals surface area contributed by atoms with Gasteiger partial charge in [-0.2, -0.15) is 0 Å². The highest BCUT2D eigenvalue weighted by Gasteiger charge is 2.26. The van der Waals surface area contributed by atoms with Crippen molar-refractivity contribution in [3.8, 4) is 0 Å². The van der Waals surface area contributed by atoms with Crippen LogP contribution in [0.5, 0.6) is 0 Å². The molecule has 1 saturated heterocycles. The van der Waals surface area contributed by atoms with E-state index in [0.29, 0.717) is 5.82 Å². The molecule has 1 amide bonds.